The lowest BCUT2D eigenvalue weighted by Crippen LogP contribution is -2.49. The zero-order valence-electron chi connectivity index (χ0n) is 13.2. The van der Waals surface area contributed by atoms with E-state index in [0.717, 1.165) is 0 Å². The highest BCUT2D eigenvalue weighted by Crippen LogP contribution is 2.33. The van der Waals surface area contributed by atoms with Crippen LogP contribution in [-0.2, 0) is 9.59 Å². The number of hydrogen-bond donors (Lipinski definition) is 1. The van der Waals surface area contributed by atoms with Crippen molar-refractivity contribution in [3.8, 4) is 0 Å². The number of amides is 1. The molecule has 1 aliphatic heterocycles. The van der Waals surface area contributed by atoms with Gasteiger partial charge < -0.3 is 10.3 Å². The number of nitrogens with zero attached hydrogens (tertiary/aromatic N) is 1. The molecule has 5 heteroatoms. The fraction of sp³-hybridized carbons (Fsp3) is 0.211. The summed E-state index contributed by atoms with van der Waals surface area (Å²) in [5, 5.41) is 8.25. The molecule has 1 aliphatic rings. The first-order chi connectivity index (χ1) is 11.5. The topological polar surface area (TPSA) is 61.2 Å². The molecule has 122 valence electrons. The van der Waals surface area contributed by atoms with Gasteiger partial charge in [-0.2, -0.15) is 0 Å². The first kappa shape index (κ1) is 16.1. The Hall–Kier alpha value is -2.82. The van der Waals surface area contributed by atoms with Crippen molar-refractivity contribution in [2.24, 2.45) is 5.92 Å². The van der Waals surface area contributed by atoms with Gasteiger partial charge in [-0.25, -0.2) is 4.39 Å². The number of hydrogen-bond acceptors (Lipinski definition) is 3. The number of Topliss-reactive ketones (excluding diaryl/α,β-unsaturated/α-hetero) is 1. The van der Waals surface area contributed by atoms with Gasteiger partial charge in [-0.05, 0) is 11.6 Å². The Bertz CT molecular complexity index is 804. The van der Waals surface area contributed by atoms with Gasteiger partial charge in [-0.1, -0.05) is 48.5 Å². The van der Waals surface area contributed by atoms with Crippen molar-refractivity contribution in [1.82, 2.24) is 4.90 Å². The van der Waals surface area contributed by atoms with Crippen molar-refractivity contribution >= 4 is 17.4 Å². The highest BCUT2D eigenvalue weighted by molar-refractivity contribution is 6.25. The third-order valence-electron chi connectivity index (χ3n) is 4.42. The average Bonchev–Trinajstić information content (AvgIpc) is 2.59. The maximum Gasteiger partial charge on any atom is 0.239 e. The summed E-state index contributed by atoms with van der Waals surface area (Å²) in [7, 11) is 1.55. The van der Waals surface area contributed by atoms with E-state index < -0.39 is 23.7 Å². The molecule has 0 bridgehead atoms. The lowest BCUT2D eigenvalue weighted by atomic mass is 9.83. The summed E-state index contributed by atoms with van der Waals surface area (Å²) in [4.78, 5) is 26.6. The molecule has 2 atom stereocenters. The fourth-order valence-electron chi connectivity index (χ4n) is 3.07. The molecule has 24 heavy (non-hydrogen) atoms. The number of piperidine rings is 1. The minimum Gasteiger partial charge on any atom is -0.337 e. The molecule has 0 aromatic heterocycles. The van der Waals surface area contributed by atoms with E-state index in [1.807, 2.05) is 6.07 Å². The van der Waals surface area contributed by atoms with E-state index >= 15 is 0 Å². The van der Waals surface area contributed by atoms with Crippen LogP contribution in [0.2, 0.25) is 0 Å². The molecule has 0 aliphatic carbocycles. The van der Waals surface area contributed by atoms with E-state index in [1.54, 1.807) is 49.5 Å². The number of nitrogens with one attached hydrogen (secondary N) is 1. The zero-order chi connectivity index (χ0) is 17.3. The second-order valence-electron chi connectivity index (χ2n) is 5.87. The summed E-state index contributed by atoms with van der Waals surface area (Å²) in [6.45, 7) is 0. The predicted molar refractivity (Wildman–Crippen MR) is 88.3 cm³/mol. The van der Waals surface area contributed by atoms with Crippen LogP contribution in [0.5, 0.6) is 0 Å². The van der Waals surface area contributed by atoms with Crippen LogP contribution >= 0.6 is 0 Å². The van der Waals surface area contributed by atoms with Crippen molar-refractivity contribution < 1.29 is 14.0 Å². The number of benzene rings is 2. The number of halogens is 1. The standard InChI is InChI=1S/C19H17FN2O2/c1-22-15(13-9-5-6-10-14(13)20)11-16(23)17(19(22)24)18(21)12-7-3-2-4-8-12/h2-10,15,17,21H,11H2,1H3. The zero-order valence-corrected chi connectivity index (χ0v) is 13.2. The molecule has 0 saturated carbocycles. The maximum atomic E-state index is 14.0. The summed E-state index contributed by atoms with van der Waals surface area (Å²) >= 11 is 0. The minimum absolute atomic E-state index is 0.00303. The van der Waals surface area contributed by atoms with Gasteiger partial charge >= 0.3 is 0 Å². The Labute approximate surface area is 139 Å². The van der Waals surface area contributed by atoms with Gasteiger partial charge in [-0.3, -0.25) is 9.59 Å². The first-order valence-electron chi connectivity index (χ1n) is 7.68. The van der Waals surface area contributed by atoms with Crippen LogP contribution in [0.3, 0.4) is 0 Å². The Balaban J connectivity index is 1.91. The predicted octanol–water partition coefficient (Wildman–Crippen LogP) is 2.98. The van der Waals surface area contributed by atoms with Crippen molar-refractivity contribution in [3.63, 3.8) is 0 Å². The van der Waals surface area contributed by atoms with Gasteiger partial charge in [0.1, 0.15) is 11.7 Å². The van der Waals surface area contributed by atoms with Gasteiger partial charge in [-0.15, -0.1) is 0 Å². The van der Waals surface area contributed by atoms with Crippen LogP contribution in [0.1, 0.15) is 23.6 Å². The maximum absolute atomic E-state index is 14.0. The molecule has 1 heterocycles. The van der Waals surface area contributed by atoms with Crippen LogP contribution in [0.4, 0.5) is 4.39 Å². The van der Waals surface area contributed by atoms with E-state index in [4.69, 9.17) is 5.41 Å². The first-order valence-corrected chi connectivity index (χ1v) is 7.68. The van der Waals surface area contributed by atoms with Crippen LogP contribution in [-0.4, -0.2) is 29.3 Å². The molecule has 1 amide bonds. The minimum atomic E-state index is -1.12. The molecule has 4 nitrogen and oxygen atoms in total. The van der Waals surface area contributed by atoms with Crippen molar-refractivity contribution in [3.05, 3.63) is 71.5 Å². The van der Waals surface area contributed by atoms with Crippen LogP contribution in [0, 0.1) is 17.1 Å². The molecule has 2 aromatic rings. The molecule has 1 fully saturated rings. The van der Waals surface area contributed by atoms with E-state index in [9.17, 15) is 14.0 Å². The quantitative estimate of drug-likeness (QED) is 0.697. The van der Waals surface area contributed by atoms with Gasteiger partial charge in [0.05, 0.1) is 11.8 Å². The fourth-order valence-corrected chi connectivity index (χ4v) is 3.07. The highest BCUT2D eigenvalue weighted by atomic mass is 19.1. The summed E-state index contributed by atoms with van der Waals surface area (Å²) in [6, 6.07) is 14.2. The van der Waals surface area contributed by atoms with Gasteiger partial charge in [0.15, 0.2) is 5.78 Å². The highest BCUT2D eigenvalue weighted by Gasteiger charge is 2.43. The Morgan fingerprint density at radius 3 is 2.38 bits per heavy atom. The van der Waals surface area contributed by atoms with E-state index in [0.29, 0.717) is 11.1 Å². The Morgan fingerprint density at radius 2 is 1.71 bits per heavy atom. The molecule has 1 saturated heterocycles. The molecular formula is C19H17FN2O2. The monoisotopic (exact) mass is 324 g/mol. The molecule has 0 spiro atoms. The molecule has 3 rings (SSSR count). The SMILES string of the molecule is CN1C(=O)C(C(=N)c2ccccc2)C(=O)CC1c1ccccc1F. The van der Waals surface area contributed by atoms with Crippen LogP contribution in [0.25, 0.3) is 0 Å². The lowest BCUT2D eigenvalue weighted by molar-refractivity contribution is -0.144. The Kier molecular flexibility index (Phi) is 4.25. The number of likely N-dealkylation sites (tertiary alicyclic amines) is 1. The number of rotatable bonds is 3. The van der Waals surface area contributed by atoms with Crippen LogP contribution in [0.15, 0.2) is 54.6 Å². The third-order valence-corrected chi connectivity index (χ3v) is 4.42. The third kappa shape index (κ3) is 2.73. The van der Waals surface area contributed by atoms with E-state index in [2.05, 4.69) is 0 Å². The number of carbonyl (C=O) groups excluding carboxylic acids is 2. The van der Waals surface area contributed by atoms with Gasteiger partial charge in [0.2, 0.25) is 5.91 Å². The number of ketones is 1. The van der Waals surface area contributed by atoms with Gasteiger partial charge in [0.25, 0.3) is 0 Å². The molecule has 2 aromatic carbocycles. The second-order valence-corrected chi connectivity index (χ2v) is 5.87. The van der Waals surface area contributed by atoms with Gasteiger partial charge in [0, 0.05) is 19.0 Å². The summed E-state index contributed by atoms with van der Waals surface area (Å²) in [5.74, 6) is -2.37. The lowest BCUT2D eigenvalue weighted by Gasteiger charge is -2.36. The van der Waals surface area contributed by atoms with Crippen molar-refractivity contribution in [2.45, 2.75) is 12.5 Å². The summed E-state index contributed by atoms with van der Waals surface area (Å²) in [6.07, 6.45) is 0.00303. The Morgan fingerprint density at radius 1 is 1.08 bits per heavy atom. The smallest absolute Gasteiger partial charge is 0.239 e. The largest absolute Gasteiger partial charge is 0.337 e. The number of carbonyl (C=O) groups is 2. The molecule has 0 radical (unpaired) electrons. The van der Waals surface area contributed by atoms with Crippen LogP contribution < -0.4 is 0 Å². The van der Waals surface area contributed by atoms with E-state index in [1.165, 1.54) is 11.0 Å². The summed E-state index contributed by atoms with van der Waals surface area (Å²) < 4.78 is 14.0. The average molecular weight is 324 g/mol. The second kappa shape index (κ2) is 6.35. The van der Waals surface area contributed by atoms with Crippen molar-refractivity contribution in [1.29, 1.82) is 5.41 Å². The molecule has 1 N–H and O–H groups in total. The normalized spacial score (nSPS) is 21.0. The van der Waals surface area contributed by atoms with Crippen molar-refractivity contribution in [2.75, 3.05) is 7.05 Å². The van der Waals surface area contributed by atoms with E-state index in [-0.39, 0.29) is 17.9 Å². The summed E-state index contributed by atoms with van der Waals surface area (Å²) in [5.41, 5.74) is 0.859. The molecular weight excluding hydrogens is 307 g/mol. The molecule has 2 unspecified atom stereocenters.